The van der Waals surface area contributed by atoms with Crippen molar-refractivity contribution in [3.05, 3.63) is 63.2 Å². The third-order valence-electron chi connectivity index (χ3n) is 4.24. The van der Waals surface area contributed by atoms with E-state index in [-0.39, 0.29) is 22.7 Å². The Morgan fingerprint density at radius 1 is 1.14 bits per heavy atom. The van der Waals surface area contributed by atoms with Crippen molar-refractivity contribution >= 4 is 17.8 Å². The highest BCUT2D eigenvalue weighted by molar-refractivity contribution is 5.95. The van der Waals surface area contributed by atoms with E-state index in [1.165, 1.54) is 36.5 Å². The van der Waals surface area contributed by atoms with Gasteiger partial charge in [0.1, 0.15) is 11.5 Å². The molecule has 2 aromatic carbocycles. The number of hydrogen-bond donors (Lipinski definition) is 3. The first-order valence-corrected chi connectivity index (χ1v) is 9.05. The lowest BCUT2D eigenvalue weighted by atomic mass is 10.0. The highest BCUT2D eigenvalue weighted by atomic mass is 16.6. The number of rotatable bonds is 9. The van der Waals surface area contributed by atoms with E-state index in [2.05, 4.69) is 17.5 Å². The molecule has 0 fully saturated rings. The topological polar surface area (TPSA) is 125 Å². The molecule has 0 radical (unpaired) electrons. The van der Waals surface area contributed by atoms with Crippen LogP contribution in [-0.2, 0) is 6.42 Å². The van der Waals surface area contributed by atoms with Gasteiger partial charge < -0.3 is 10.2 Å². The number of nitrogens with zero attached hydrogens (tertiary/aromatic N) is 2. The predicted molar refractivity (Wildman–Crippen MR) is 106 cm³/mol. The zero-order chi connectivity index (χ0) is 20.5. The highest BCUT2D eigenvalue weighted by Crippen LogP contribution is 2.27. The van der Waals surface area contributed by atoms with Crippen LogP contribution in [0.2, 0.25) is 0 Å². The van der Waals surface area contributed by atoms with Crippen molar-refractivity contribution in [3.8, 4) is 11.5 Å². The third-order valence-corrected chi connectivity index (χ3v) is 4.24. The van der Waals surface area contributed by atoms with E-state index < -0.39 is 10.8 Å². The summed E-state index contributed by atoms with van der Waals surface area (Å²) in [6, 6.07) is 8.02. The number of non-ortho nitro benzene ring substituents is 1. The molecule has 0 aliphatic rings. The summed E-state index contributed by atoms with van der Waals surface area (Å²) >= 11 is 0. The Morgan fingerprint density at radius 3 is 2.50 bits per heavy atom. The number of phenolic OH excluding ortho intramolecular Hbond substituents is 2. The molecule has 2 rings (SSSR count). The van der Waals surface area contributed by atoms with Crippen LogP contribution in [0.1, 0.15) is 54.1 Å². The maximum absolute atomic E-state index is 12.0. The van der Waals surface area contributed by atoms with Crippen LogP contribution in [0, 0.1) is 10.1 Å². The minimum Gasteiger partial charge on any atom is -0.508 e. The quantitative estimate of drug-likeness (QED) is 0.261. The molecule has 2 aromatic rings. The number of amides is 1. The van der Waals surface area contributed by atoms with Gasteiger partial charge in [0.15, 0.2) is 0 Å². The SMILES string of the molecule is CCCCCCc1cc(C=NNC(=O)c2ccc([N+](=O)[O-])cc2)c(O)cc1O. The molecule has 0 saturated carbocycles. The van der Waals surface area contributed by atoms with Gasteiger partial charge in [-0.25, -0.2) is 5.43 Å². The summed E-state index contributed by atoms with van der Waals surface area (Å²) in [7, 11) is 0. The van der Waals surface area contributed by atoms with Crippen molar-refractivity contribution in [1.29, 1.82) is 0 Å². The Hall–Kier alpha value is -3.42. The largest absolute Gasteiger partial charge is 0.508 e. The fourth-order valence-electron chi connectivity index (χ4n) is 2.65. The smallest absolute Gasteiger partial charge is 0.271 e. The van der Waals surface area contributed by atoms with Crippen molar-refractivity contribution in [2.24, 2.45) is 5.10 Å². The molecule has 28 heavy (non-hydrogen) atoms. The summed E-state index contributed by atoms with van der Waals surface area (Å²) in [5, 5.41) is 34.4. The van der Waals surface area contributed by atoms with Gasteiger partial charge in [-0.1, -0.05) is 26.2 Å². The predicted octanol–water partition coefficient (Wildman–Crippen LogP) is 3.89. The lowest BCUT2D eigenvalue weighted by molar-refractivity contribution is -0.384. The Balaban J connectivity index is 2.02. The van der Waals surface area contributed by atoms with E-state index >= 15 is 0 Å². The molecule has 0 aromatic heterocycles. The van der Waals surface area contributed by atoms with Gasteiger partial charge in [0.05, 0.1) is 11.1 Å². The third kappa shape index (κ3) is 5.80. The van der Waals surface area contributed by atoms with Gasteiger partial charge >= 0.3 is 0 Å². The molecule has 3 N–H and O–H groups in total. The van der Waals surface area contributed by atoms with Crippen LogP contribution in [0.3, 0.4) is 0 Å². The molecule has 1 amide bonds. The van der Waals surface area contributed by atoms with Crippen LogP contribution < -0.4 is 5.43 Å². The number of nitrogens with one attached hydrogen (secondary N) is 1. The molecule has 0 atom stereocenters. The number of benzene rings is 2. The van der Waals surface area contributed by atoms with Gasteiger partial charge in [-0.2, -0.15) is 5.10 Å². The molecule has 8 nitrogen and oxygen atoms in total. The Morgan fingerprint density at radius 2 is 1.86 bits per heavy atom. The molecular formula is C20H23N3O5. The van der Waals surface area contributed by atoms with Crippen molar-refractivity contribution in [2.45, 2.75) is 39.0 Å². The number of hydrazone groups is 1. The van der Waals surface area contributed by atoms with Crippen molar-refractivity contribution in [1.82, 2.24) is 5.43 Å². The number of carbonyl (C=O) groups is 1. The first-order valence-electron chi connectivity index (χ1n) is 9.05. The number of nitro groups is 1. The van der Waals surface area contributed by atoms with Crippen LogP contribution in [0.5, 0.6) is 11.5 Å². The lowest BCUT2D eigenvalue weighted by Crippen LogP contribution is -2.17. The minimum atomic E-state index is -0.548. The normalized spacial score (nSPS) is 10.9. The fourth-order valence-corrected chi connectivity index (χ4v) is 2.65. The van der Waals surface area contributed by atoms with Crippen LogP contribution in [-0.4, -0.2) is 27.3 Å². The van der Waals surface area contributed by atoms with Crippen LogP contribution >= 0.6 is 0 Å². The molecule has 0 heterocycles. The summed E-state index contributed by atoms with van der Waals surface area (Å²) in [6.45, 7) is 2.12. The molecule has 0 spiro atoms. The van der Waals surface area contributed by atoms with Gasteiger partial charge in [-0.15, -0.1) is 0 Å². The van der Waals surface area contributed by atoms with Gasteiger partial charge in [-0.05, 0) is 36.6 Å². The number of hydrogen-bond acceptors (Lipinski definition) is 6. The van der Waals surface area contributed by atoms with Gasteiger partial charge in [0.25, 0.3) is 11.6 Å². The Labute approximate surface area is 162 Å². The average molecular weight is 385 g/mol. The zero-order valence-electron chi connectivity index (χ0n) is 15.6. The van der Waals surface area contributed by atoms with Crippen LogP contribution in [0.15, 0.2) is 41.5 Å². The molecule has 0 saturated heterocycles. The molecule has 0 bridgehead atoms. The molecule has 0 aliphatic carbocycles. The van der Waals surface area contributed by atoms with E-state index in [0.29, 0.717) is 17.5 Å². The van der Waals surface area contributed by atoms with E-state index in [9.17, 15) is 25.1 Å². The number of aromatic hydroxyl groups is 2. The number of aryl methyl sites for hydroxylation is 1. The van der Waals surface area contributed by atoms with Crippen molar-refractivity contribution < 1.29 is 19.9 Å². The number of phenols is 2. The first kappa shape index (κ1) is 20.9. The van der Waals surface area contributed by atoms with Crippen LogP contribution in [0.25, 0.3) is 0 Å². The maximum Gasteiger partial charge on any atom is 0.271 e. The summed E-state index contributed by atoms with van der Waals surface area (Å²) in [6.07, 6.45) is 6.21. The summed E-state index contributed by atoms with van der Waals surface area (Å²) in [4.78, 5) is 22.1. The highest BCUT2D eigenvalue weighted by Gasteiger charge is 2.10. The second kappa shape index (κ2) is 10.1. The molecule has 0 aliphatic heterocycles. The standard InChI is InChI=1S/C20H23N3O5/c1-2-3-4-5-6-15-11-16(19(25)12-18(15)24)13-21-22-20(26)14-7-9-17(10-8-14)23(27)28/h7-13,24-25H,2-6H2,1H3,(H,22,26). The van der Waals surface area contributed by atoms with E-state index in [1.807, 2.05) is 0 Å². The zero-order valence-corrected chi connectivity index (χ0v) is 15.6. The fraction of sp³-hybridized carbons (Fsp3) is 0.300. The Bertz CT molecular complexity index is 863. The Kier molecular flexibility index (Phi) is 7.50. The van der Waals surface area contributed by atoms with Gasteiger partial charge in [0, 0.05) is 29.3 Å². The molecular weight excluding hydrogens is 362 g/mol. The van der Waals surface area contributed by atoms with Gasteiger partial charge in [0.2, 0.25) is 0 Å². The summed E-state index contributed by atoms with van der Waals surface area (Å²) < 4.78 is 0. The molecule has 148 valence electrons. The molecule has 8 heteroatoms. The van der Waals surface area contributed by atoms with E-state index in [1.54, 1.807) is 6.07 Å². The second-order valence-corrected chi connectivity index (χ2v) is 6.35. The number of carbonyl (C=O) groups excluding carboxylic acids is 1. The maximum atomic E-state index is 12.0. The summed E-state index contributed by atoms with van der Waals surface area (Å²) in [5.74, 6) is -0.659. The van der Waals surface area contributed by atoms with Gasteiger partial charge in [-0.3, -0.25) is 14.9 Å². The molecule has 0 unspecified atom stereocenters. The average Bonchev–Trinajstić information content (AvgIpc) is 2.68. The van der Waals surface area contributed by atoms with Crippen LogP contribution in [0.4, 0.5) is 5.69 Å². The monoisotopic (exact) mass is 385 g/mol. The van der Waals surface area contributed by atoms with E-state index in [4.69, 9.17) is 0 Å². The van der Waals surface area contributed by atoms with Crippen molar-refractivity contribution in [3.63, 3.8) is 0 Å². The summed E-state index contributed by atoms with van der Waals surface area (Å²) in [5.41, 5.74) is 3.48. The second-order valence-electron chi connectivity index (χ2n) is 6.35. The number of nitro benzene ring substituents is 1. The minimum absolute atomic E-state index is 0.0288. The number of unbranched alkanes of at least 4 members (excludes halogenated alkanes) is 3. The lowest BCUT2D eigenvalue weighted by Gasteiger charge is -2.08. The van der Waals surface area contributed by atoms with Crippen molar-refractivity contribution in [2.75, 3.05) is 0 Å². The van der Waals surface area contributed by atoms with E-state index in [0.717, 1.165) is 25.7 Å². The first-order chi connectivity index (χ1) is 13.4.